The minimum absolute atomic E-state index is 0.112. The molecule has 0 fully saturated rings. The molecule has 0 aliphatic carbocycles. The highest BCUT2D eigenvalue weighted by Gasteiger charge is 2.20. The van der Waals surface area contributed by atoms with E-state index in [1.54, 1.807) is 0 Å². The third-order valence-electron chi connectivity index (χ3n) is 7.12. The van der Waals surface area contributed by atoms with Crippen LogP contribution in [0.1, 0.15) is 162 Å². The molecule has 0 rings (SSSR count). The molecule has 4 N–H and O–H groups in total. The van der Waals surface area contributed by atoms with E-state index in [0.29, 0.717) is 26.1 Å². The molecule has 1 atom stereocenters. The van der Waals surface area contributed by atoms with Gasteiger partial charge in [-0.2, -0.15) is 0 Å². The van der Waals surface area contributed by atoms with Gasteiger partial charge in [-0.25, -0.2) is 4.79 Å². The zero-order valence-electron chi connectivity index (χ0n) is 24.8. The number of carbonyl (C=O) groups is 2. The SMILES string of the molecule is CCCCCCCCCCCCCCCCOC(=O)N[C@@H](CCCCN)C(=O)NCCCCCCCC. The van der Waals surface area contributed by atoms with Crippen LogP contribution < -0.4 is 16.4 Å². The maximum atomic E-state index is 12.6. The minimum atomic E-state index is -0.546. The van der Waals surface area contributed by atoms with Crippen molar-refractivity contribution in [1.82, 2.24) is 10.6 Å². The van der Waals surface area contributed by atoms with Gasteiger partial charge >= 0.3 is 6.09 Å². The van der Waals surface area contributed by atoms with E-state index in [0.717, 1.165) is 38.5 Å². The van der Waals surface area contributed by atoms with Gasteiger partial charge in [-0.05, 0) is 38.6 Å². The van der Waals surface area contributed by atoms with Crippen LogP contribution >= 0.6 is 0 Å². The van der Waals surface area contributed by atoms with Crippen molar-refractivity contribution in [3.8, 4) is 0 Å². The van der Waals surface area contributed by atoms with Crippen molar-refractivity contribution >= 4 is 12.0 Å². The molecule has 0 bridgehead atoms. The van der Waals surface area contributed by atoms with E-state index >= 15 is 0 Å². The van der Waals surface area contributed by atoms with E-state index in [-0.39, 0.29) is 5.91 Å². The molecule has 37 heavy (non-hydrogen) atoms. The fraction of sp³-hybridized carbons (Fsp3) is 0.935. The summed E-state index contributed by atoms with van der Waals surface area (Å²) in [5.74, 6) is -0.112. The normalized spacial score (nSPS) is 11.9. The Hall–Kier alpha value is -1.30. The molecule has 0 heterocycles. The summed E-state index contributed by atoms with van der Waals surface area (Å²) in [6, 6.07) is -0.546. The van der Waals surface area contributed by atoms with Crippen LogP contribution in [0.2, 0.25) is 0 Å². The van der Waals surface area contributed by atoms with Crippen LogP contribution in [-0.2, 0) is 9.53 Å². The Morgan fingerprint density at radius 1 is 0.622 bits per heavy atom. The average molecular weight is 526 g/mol. The molecule has 6 heteroatoms. The standard InChI is InChI=1S/C31H63N3O3/c1-3-5-7-9-11-12-13-14-15-16-17-18-20-24-28-37-31(36)34-29(25-21-22-26-32)30(35)33-27-23-19-10-8-6-4-2/h29H,3-28,32H2,1-2H3,(H,33,35)(H,34,36)/t29-/m0/s1. The second-order valence-corrected chi connectivity index (χ2v) is 10.8. The summed E-state index contributed by atoms with van der Waals surface area (Å²) in [4.78, 5) is 24.9. The van der Waals surface area contributed by atoms with Crippen molar-refractivity contribution in [2.24, 2.45) is 5.73 Å². The maximum Gasteiger partial charge on any atom is 0.407 e. The summed E-state index contributed by atoms with van der Waals surface area (Å²) in [7, 11) is 0. The van der Waals surface area contributed by atoms with E-state index < -0.39 is 12.1 Å². The zero-order chi connectivity index (χ0) is 27.2. The Labute approximate surface area is 230 Å². The predicted molar refractivity (Wildman–Crippen MR) is 158 cm³/mol. The fourth-order valence-corrected chi connectivity index (χ4v) is 4.65. The number of unbranched alkanes of at least 4 members (excludes halogenated alkanes) is 19. The number of hydrogen-bond acceptors (Lipinski definition) is 4. The van der Waals surface area contributed by atoms with Gasteiger partial charge in [0.2, 0.25) is 5.91 Å². The van der Waals surface area contributed by atoms with Crippen molar-refractivity contribution < 1.29 is 14.3 Å². The Bertz CT molecular complexity index is 502. The molecule has 0 radical (unpaired) electrons. The van der Waals surface area contributed by atoms with Crippen LogP contribution in [0.4, 0.5) is 4.79 Å². The Kier molecular flexibility index (Phi) is 28.2. The minimum Gasteiger partial charge on any atom is -0.450 e. The highest BCUT2D eigenvalue weighted by atomic mass is 16.5. The number of hydrogen-bond donors (Lipinski definition) is 3. The van der Waals surface area contributed by atoms with Crippen molar-refractivity contribution in [3.05, 3.63) is 0 Å². The Morgan fingerprint density at radius 3 is 1.57 bits per heavy atom. The number of nitrogens with two attached hydrogens (primary N) is 1. The van der Waals surface area contributed by atoms with Gasteiger partial charge in [0.15, 0.2) is 0 Å². The Balaban J connectivity index is 3.82. The molecule has 0 saturated carbocycles. The Morgan fingerprint density at radius 2 is 1.08 bits per heavy atom. The summed E-state index contributed by atoms with van der Waals surface area (Å²) >= 11 is 0. The van der Waals surface area contributed by atoms with Crippen LogP contribution in [-0.4, -0.2) is 37.7 Å². The van der Waals surface area contributed by atoms with Gasteiger partial charge in [0, 0.05) is 6.54 Å². The molecule has 0 aliphatic rings. The molecule has 0 aromatic carbocycles. The first-order chi connectivity index (χ1) is 18.2. The van der Waals surface area contributed by atoms with Gasteiger partial charge < -0.3 is 21.1 Å². The molecular weight excluding hydrogens is 462 g/mol. The van der Waals surface area contributed by atoms with Crippen LogP contribution in [0.5, 0.6) is 0 Å². The number of ether oxygens (including phenoxy) is 1. The first-order valence-corrected chi connectivity index (χ1v) is 16.1. The van der Waals surface area contributed by atoms with Crippen molar-refractivity contribution in [1.29, 1.82) is 0 Å². The fourth-order valence-electron chi connectivity index (χ4n) is 4.65. The topological polar surface area (TPSA) is 93.4 Å². The molecule has 220 valence electrons. The van der Waals surface area contributed by atoms with Gasteiger partial charge in [-0.3, -0.25) is 4.79 Å². The third kappa shape index (κ3) is 26.1. The van der Waals surface area contributed by atoms with Gasteiger partial charge in [0.1, 0.15) is 6.04 Å². The monoisotopic (exact) mass is 525 g/mol. The second kappa shape index (κ2) is 29.3. The van der Waals surface area contributed by atoms with Gasteiger partial charge in [-0.15, -0.1) is 0 Å². The van der Waals surface area contributed by atoms with Crippen LogP contribution in [0, 0.1) is 0 Å². The lowest BCUT2D eigenvalue weighted by Crippen LogP contribution is -2.47. The lowest BCUT2D eigenvalue weighted by atomic mass is 10.0. The van der Waals surface area contributed by atoms with Crippen molar-refractivity contribution in [2.45, 2.75) is 168 Å². The summed E-state index contributed by atoms with van der Waals surface area (Å²) < 4.78 is 5.36. The second-order valence-electron chi connectivity index (χ2n) is 10.8. The van der Waals surface area contributed by atoms with E-state index in [1.807, 2.05) is 0 Å². The van der Waals surface area contributed by atoms with Crippen molar-refractivity contribution in [2.75, 3.05) is 19.7 Å². The van der Waals surface area contributed by atoms with Gasteiger partial charge in [0.25, 0.3) is 0 Å². The lowest BCUT2D eigenvalue weighted by Gasteiger charge is -2.18. The highest BCUT2D eigenvalue weighted by Crippen LogP contribution is 2.13. The van der Waals surface area contributed by atoms with Crippen LogP contribution in [0.25, 0.3) is 0 Å². The smallest absolute Gasteiger partial charge is 0.407 e. The van der Waals surface area contributed by atoms with Crippen LogP contribution in [0.3, 0.4) is 0 Å². The molecule has 0 aromatic rings. The number of nitrogens with one attached hydrogen (secondary N) is 2. The zero-order valence-corrected chi connectivity index (χ0v) is 24.8. The van der Waals surface area contributed by atoms with E-state index in [9.17, 15) is 9.59 Å². The largest absolute Gasteiger partial charge is 0.450 e. The molecule has 2 amide bonds. The molecule has 6 nitrogen and oxygen atoms in total. The van der Waals surface area contributed by atoms with Gasteiger partial charge in [-0.1, -0.05) is 129 Å². The molecular formula is C31H63N3O3. The third-order valence-corrected chi connectivity index (χ3v) is 7.12. The first kappa shape index (κ1) is 35.7. The number of rotatable bonds is 28. The van der Waals surface area contributed by atoms with E-state index in [2.05, 4.69) is 24.5 Å². The summed E-state index contributed by atoms with van der Waals surface area (Å²) in [5, 5.41) is 5.77. The number of alkyl carbamates (subject to hydrolysis) is 1. The molecule has 0 aromatic heterocycles. The van der Waals surface area contributed by atoms with Crippen molar-refractivity contribution in [3.63, 3.8) is 0 Å². The summed E-state index contributed by atoms with van der Waals surface area (Å²) in [6.45, 7) is 6.15. The quantitative estimate of drug-likeness (QED) is 0.0898. The average Bonchev–Trinajstić information content (AvgIpc) is 2.89. The summed E-state index contributed by atoms with van der Waals surface area (Å²) in [5.41, 5.74) is 5.60. The lowest BCUT2D eigenvalue weighted by molar-refractivity contribution is -0.123. The predicted octanol–water partition coefficient (Wildman–Crippen LogP) is 8.17. The first-order valence-electron chi connectivity index (χ1n) is 16.1. The highest BCUT2D eigenvalue weighted by molar-refractivity contribution is 5.85. The number of carbonyl (C=O) groups excluding carboxylic acids is 2. The maximum absolute atomic E-state index is 12.6. The van der Waals surface area contributed by atoms with E-state index in [1.165, 1.54) is 103 Å². The molecule has 0 aliphatic heterocycles. The molecule has 0 spiro atoms. The van der Waals surface area contributed by atoms with E-state index in [4.69, 9.17) is 10.5 Å². The summed E-state index contributed by atoms with van der Waals surface area (Å²) in [6.07, 6.45) is 27.1. The number of amides is 2. The van der Waals surface area contributed by atoms with Gasteiger partial charge in [0.05, 0.1) is 6.61 Å². The molecule has 0 unspecified atom stereocenters. The molecule has 0 saturated heterocycles. The van der Waals surface area contributed by atoms with Crippen LogP contribution in [0.15, 0.2) is 0 Å².